The number of amides is 2. The van der Waals surface area contributed by atoms with Crippen molar-refractivity contribution in [3.63, 3.8) is 0 Å². The summed E-state index contributed by atoms with van der Waals surface area (Å²) in [5.74, 6) is 0.184. The van der Waals surface area contributed by atoms with Crippen LogP contribution in [0.5, 0.6) is 11.5 Å². The van der Waals surface area contributed by atoms with Gasteiger partial charge in [-0.2, -0.15) is 10.1 Å². The average molecular weight is 516 g/mol. The molecule has 2 aromatic rings. The monoisotopic (exact) mass is 514 g/mol. The first-order valence-electron chi connectivity index (χ1n) is 10.3. The average Bonchev–Trinajstić information content (AvgIpc) is 3.46. The van der Waals surface area contributed by atoms with E-state index in [1.807, 2.05) is 18.2 Å². The summed E-state index contributed by atoms with van der Waals surface area (Å²) in [6.07, 6.45) is 6.47. The molecule has 2 bridgehead atoms. The van der Waals surface area contributed by atoms with Crippen LogP contribution in [0.3, 0.4) is 0 Å². The molecule has 4 atom stereocenters. The lowest BCUT2D eigenvalue weighted by Gasteiger charge is -2.15. The van der Waals surface area contributed by atoms with Gasteiger partial charge in [-0.1, -0.05) is 57.9 Å². The second-order valence-electron chi connectivity index (χ2n) is 8.14. The zero-order chi connectivity index (χ0) is 22.4. The van der Waals surface area contributed by atoms with Crippen molar-refractivity contribution in [2.24, 2.45) is 28.8 Å². The van der Waals surface area contributed by atoms with Gasteiger partial charge in [-0.25, -0.2) is 0 Å². The van der Waals surface area contributed by atoms with Gasteiger partial charge < -0.3 is 9.47 Å². The number of halogens is 2. The predicted octanol–water partition coefficient (Wildman–Crippen LogP) is 4.83. The molecule has 0 unspecified atom stereocenters. The minimum absolute atomic E-state index is 0.141. The lowest BCUT2D eigenvalue weighted by Crippen LogP contribution is -2.28. The number of methoxy groups -OCH3 is 1. The van der Waals surface area contributed by atoms with Crippen LogP contribution < -0.4 is 9.47 Å². The molecule has 32 heavy (non-hydrogen) atoms. The molecule has 8 heteroatoms. The maximum Gasteiger partial charge on any atom is 0.254 e. The van der Waals surface area contributed by atoms with E-state index in [9.17, 15) is 9.59 Å². The van der Waals surface area contributed by atoms with Crippen molar-refractivity contribution >= 4 is 45.6 Å². The predicted molar refractivity (Wildman–Crippen MR) is 124 cm³/mol. The number of carbonyl (C=O) groups excluding carboxylic acids is 2. The Morgan fingerprint density at radius 1 is 1.16 bits per heavy atom. The van der Waals surface area contributed by atoms with Crippen LogP contribution in [0.2, 0.25) is 5.02 Å². The fourth-order valence-electron chi connectivity index (χ4n) is 4.88. The molecule has 6 nitrogen and oxygen atoms in total. The Bertz CT molecular complexity index is 1130. The molecule has 2 aromatic carbocycles. The van der Waals surface area contributed by atoms with E-state index in [4.69, 9.17) is 21.1 Å². The molecule has 0 radical (unpaired) electrons. The van der Waals surface area contributed by atoms with Crippen LogP contribution in [0.25, 0.3) is 0 Å². The summed E-state index contributed by atoms with van der Waals surface area (Å²) in [6, 6.07) is 11.0. The number of rotatable bonds is 6. The van der Waals surface area contributed by atoms with Gasteiger partial charge in [0, 0.05) is 20.6 Å². The molecule has 2 amide bonds. The van der Waals surface area contributed by atoms with Crippen LogP contribution in [0.1, 0.15) is 17.5 Å². The molecule has 1 saturated heterocycles. The lowest BCUT2D eigenvalue weighted by molar-refractivity contribution is -0.140. The van der Waals surface area contributed by atoms with Gasteiger partial charge >= 0.3 is 0 Å². The highest BCUT2D eigenvalue weighted by Crippen LogP contribution is 2.52. The van der Waals surface area contributed by atoms with Gasteiger partial charge in [0.05, 0.1) is 25.2 Å². The van der Waals surface area contributed by atoms with Crippen molar-refractivity contribution < 1.29 is 19.1 Å². The zero-order valence-electron chi connectivity index (χ0n) is 17.2. The summed E-state index contributed by atoms with van der Waals surface area (Å²) < 4.78 is 12.3. The van der Waals surface area contributed by atoms with Crippen LogP contribution in [0.15, 0.2) is 58.1 Å². The van der Waals surface area contributed by atoms with Gasteiger partial charge in [-0.3, -0.25) is 9.59 Å². The van der Waals surface area contributed by atoms with E-state index < -0.39 is 0 Å². The number of hydrogen-bond acceptors (Lipinski definition) is 5. The number of ether oxygens (including phenoxy) is 2. The molecule has 3 aliphatic rings. The molecule has 2 fully saturated rings. The van der Waals surface area contributed by atoms with Crippen molar-refractivity contribution in [1.29, 1.82) is 0 Å². The molecule has 1 heterocycles. The number of fused-ring (bicyclic) bond motifs is 5. The number of hydrazone groups is 1. The molecule has 5 rings (SSSR count). The van der Waals surface area contributed by atoms with Crippen LogP contribution >= 0.6 is 27.5 Å². The van der Waals surface area contributed by atoms with Gasteiger partial charge in [0.1, 0.15) is 6.61 Å². The maximum absolute atomic E-state index is 12.9. The van der Waals surface area contributed by atoms with Crippen molar-refractivity contribution in [1.82, 2.24) is 5.01 Å². The first kappa shape index (κ1) is 21.2. The minimum atomic E-state index is -0.289. The topological polar surface area (TPSA) is 68.2 Å². The van der Waals surface area contributed by atoms with Gasteiger partial charge in [0.2, 0.25) is 0 Å². The zero-order valence-corrected chi connectivity index (χ0v) is 19.5. The summed E-state index contributed by atoms with van der Waals surface area (Å²) >= 11 is 9.71. The number of imide groups is 1. The summed E-state index contributed by atoms with van der Waals surface area (Å²) in [5, 5.41) is 5.90. The third-order valence-electron chi connectivity index (χ3n) is 6.36. The van der Waals surface area contributed by atoms with Crippen LogP contribution in [-0.2, 0) is 16.2 Å². The van der Waals surface area contributed by atoms with E-state index in [1.165, 1.54) is 6.21 Å². The standard InChI is InChI=1S/C24H20BrClN2O4/c1-31-19-10-17(25)9-16(22(19)32-12-15-4-2-3-5-18(15)26)11-27-28-23(29)20-13-6-7-14(8-13)21(20)24(28)30/h2-7,9-11,13-14,20-21H,8,12H2,1H3/t13-,14-,20-,21+/m0/s1. The third kappa shape index (κ3) is 3.53. The molecular formula is C24H20BrClN2O4. The van der Waals surface area contributed by atoms with E-state index in [2.05, 4.69) is 33.2 Å². The van der Waals surface area contributed by atoms with E-state index in [1.54, 1.807) is 25.3 Å². The molecule has 164 valence electrons. The highest BCUT2D eigenvalue weighted by atomic mass is 79.9. The Morgan fingerprint density at radius 2 is 1.84 bits per heavy atom. The fraction of sp³-hybridized carbons (Fsp3) is 0.292. The number of benzene rings is 2. The summed E-state index contributed by atoms with van der Waals surface area (Å²) in [4.78, 5) is 25.8. The largest absolute Gasteiger partial charge is 0.493 e. The molecule has 0 aromatic heterocycles. The first-order valence-corrected chi connectivity index (χ1v) is 11.5. The Hall–Kier alpha value is -2.64. The molecule has 1 aliphatic heterocycles. The summed E-state index contributed by atoms with van der Waals surface area (Å²) in [6.45, 7) is 0.221. The van der Waals surface area contributed by atoms with Crippen molar-refractivity contribution in [2.75, 3.05) is 7.11 Å². The Labute approximate surface area is 199 Å². The van der Waals surface area contributed by atoms with E-state index in [0.717, 1.165) is 21.5 Å². The molecule has 1 saturated carbocycles. The number of hydrogen-bond donors (Lipinski definition) is 0. The summed E-state index contributed by atoms with van der Waals surface area (Å²) in [7, 11) is 1.54. The highest BCUT2D eigenvalue weighted by molar-refractivity contribution is 9.10. The molecule has 2 aliphatic carbocycles. The molecule has 0 spiro atoms. The van der Waals surface area contributed by atoms with Gasteiger partial charge in [0.15, 0.2) is 11.5 Å². The second kappa shape index (κ2) is 8.37. The SMILES string of the molecule is COc1cc(Br)cc(C=NN2C(=O)[C@@H]3[C@H](C2=O)[C@H]2C=C[C@H]3C2)c1OCc1ccccc1Cl. The number of nitrogens with zero attached hydrogens (tertiary/aromatic N) is 2. The van der Waals surface area contributed by atoms with Crippen molar-refractivity contribution in [2.45, 2.75) is 13.0 Å². The van der Waals surface area contributed by atoms with Gasteiger partial charge in [0.25, 0.3) is 11.8 Å². The van der Waals surface area contributed by atoms with Gasteiger partial charge in [-0.05, 0) is 36.5 Å². The Morgan fingerprint density at radius 3 is 2.50 bits per heavy atom. The third-order valence-corrected chi connectivity index (χ3v) is 7.18. The number of allylic oxidation sites excluding steroid dienone is 2. The molecular weight excluding hydrogens is 496 g/mol. The number of carbonyl (C=O) groups is 2. The van der Waals surface area contributed by atoms with Crippen molar-refractivity contribution in [3.8, 4) is 11.5 Å². The maximum atomic E-state index is 12.9. The van der Waals surface area contributed by atoms with Crippen molar-refractivity contribution in [3.05, 3.63) is 69.2 Å². The normalized spacial score (nSPS) is 25.8. The lowest BCUT2D eigenvalue weighted by atomic mass is 9.85. The van der Waals surface area contributed by atoms with Crippen LogP contribution in [-0.4, -0.2) is 30.1 Å². The Kier molecular flexibility index (Phi) is 5.55. The summed E-state index contributed by atoms with van der Waals surface area (Å²) in [5.41, 5.74) is 1.39. The Balaban J connectivity index is 1.42. The van der Waals surface area contributed by atoms with E-state index in [-0.39, 0.29) is 42.1 Å². The second-order valence-corrected chi connectivity index (χ2v) is 9.46. The fourth-order valence-corrected chi connectivity index (χ4v) is 5.52. The smallest absolute Gasteiger partial charge is 0.254 e. The quantitative estimate of drug-likeness (QED) is 0.314. The van der Waals surface area contributed by atoms with Gasteiger partial charge in [-0.15, -0.1) is 0 Å². The van der Waals surface area contributed by atoms with E-state index in [0.29, 0.717) is 22.1 Å². The minimum Gasteiger partial charge on any atom is -0.493 e. The highest BCUT2D eigenvalue weighted by Gasteiger charge is 2.59. The van der Waals surface area contributed by atoms with Crippen LogP contribution in [0.4, 0.5) is 0 Å². The van der Waals surface area contributed by atoms with Crippen LogP contribution in [0, 0.1) is 23.7 Å². The molecule has 0 N–H and O–H groups in total. The first-order chi connectivity index (χ1) is 15.5. The van der Waals surface area contributed by atoms with E-state index >= 15 is 0 Å².